The van der Waals surface area contributed by atoms with Crippen molar-refractivity contribution in [2.75, 3.05) is 19.3 Å². The average molecular weight is 243 g/mol. The van der Waals surface area contributed by atoms with Crippen LogP contribution < -0.4 is 9.47 Å². The molecular weight excluding hydrogens is 232 g/mol. The number of ether oxygens (including phenoxy) is 4. The lowest BCUT2D eigenvalue weighted by atomic mass is 10.2. The molecule has 5 heteroatoms. The van der Waals surface area contributed by atoms with Crippen LogP contribution in [-0.2, 0) is 9.47 Å². The molecular formula is C11H11ClO4. The molecule has 2 heterocycles. The summed E-state index contributed by atoms with van der Waals surface area (Å²) in [7, 11) is 0. The molecule has 0 aliphatic carbocycles. The third-order valence-electron chi connectivity index (χ3n) is 2.59. The molecule has 16 heavy (non-hydrogen) atoms. The van der Waals surface area contributed by atoms with Crippen LogP contribution in [0.2, 0.25) is 0 Å². The van der Waals surface area contributed by atoms with Crippen molar-refractivity contribution < 1.29 is 18.9 Å². The first kappa shape index (κ1) is 10.2. The van der Waals surface area contributed by atoms with Gasteiger partial charge in [-0.05, 0) is 18.2 Å². The molecule has 1 aromatic rings. The fourth-order valence-electron chi connectivity index (χ4n) is 1.76. The van der Waals surface area contributed by atoms with Gasteiger partial charge in [0.15, 0.2) is 17.8 Å². The summed E-state index contributed by atoms with van der Waals surface area (Å²) in [5.74, 6) is 1.94. The molecule has 0 N–H and O–H groups in total. The Kier molecular flexibility index (Phi) is 2.63. The zero-order valence-electron chi connectivity index (χ0n) is 8.52. The van der Waals surface area contributed by atoms with Gasteiger partial charge in [-0.2, -0.15) is 0 Å². The minimum atomic E-state index is -0.349. The molecule has 2 unspecified atom stereocenters. The van der Waals surface area contributed by atoms with E-state index in [1.165, 1.54) is 0 Å². The van der Waals surface area contributed by atoms with Crippen molar-refractivity contribution in [1.82, 2.24) is 0 Å². The second kappa shape index (κ2) is 4.13. The number of alkyl halides is 1. The van der Waals surface area contributed by atoms with Gasteiger partial charge in [0.1, 0.15) is 0 Å². The van der Waals surface area contributed by atoms with Gasteiger partial charge in [-0.15, -0.1) is 11.6 Å². The Morgan fingerprint density at radius 2 is 2.12 bits per heavy atom. The second-order valence-corrected chi connectivity index (χ2v) is 4.00. The SMILES string of the molecule is ClCC1COC(c2ccc3c(c2)OCO3)O1. The number of rotatable bonds is 2. The molecule has 0 aromatic heterocycles. The number of benzene rings is 1. The van der Waals surface area contributed by atoms with E-state index in [1.54, 1.807) is 0 Å². The summed E-state index contributed by atoms with van der Waals surface area (Å²) >= 11 is 5.70. The van der Waals surface area contributed by atoms with Crippen molar-refractivity contribution >= 4 is 11.6 Å². The van der Waals surface area contributed by atoms with Crippen LogP contribution in [0.1, 0.15) is 11.9 Å². The summed E-state index contributed by atoms with van der Waals surface area (Å²) in [5, 5.41) is 0. The van der Waals surface area contributed by atoms with Gasteiger partial charge in [0, 0.05) is 5.56 Å². The van der Waals surface area contributed by atoms with Crippen molar-refractivity contribution in [2.24, 2.45) is 0 Å². The maximum Gasteiger partial charge on any atom is 0.231 e. The van der Waals surface area contributed by atoms with Crippen LogP contribution in [0, 0.1) is 0 Å². The summed E-state index contributed by atoms with van der Waals surface area (Å²) in [4.78, 5) is 0. The Bertz CT molecular complexity index is 396. The van der Waals surface area contributed by atoms with E-state index in [2.05, 4.69) is 0 Å². The van der Waals surface area contributed by atoms with E-state index in [0.29, 0.717) is 12.5 Å². The molecule has 0 amide bonds. The first-order valence-electron chi connectivity index (χ1n) is 5.09. The Labute approximate surface area is 98.0 Å². The van der Waals surface area contributed by atoms with Crippen LogP contribution in [0.5, 0.6) is 11.5 Å². The zero-order valence-corrected chi connectivity index (χ0v) is 9.27. The highest BCUT2D eigenvalue weighted by Gasteiger charge is 2.28. The minimum Gasteiger partial charge on any atom is -0.454 e. The lowest BCUT2D eigenvalue weighted by molar-refractivity contribution is -0.0567. The first-order valence-corrected chi connectivity index (χ1v) is 5.63. The smallest absolute Gasteiger partial charge is 0.231 e. The van der Waals surface area contributed by atoms with Crippen LogP contribution >= 0.6 is 11.6 Å². The average Bonchev–Trinajstić information content (AvgIpc) is 2.96. The summed E-state index contributed by atoms with van der Waals surface area (Å²) < 4.78 is 21.6. The highest BCUT2D eigenvalue weighted by Crippen LogP contribution is 2.36. The summed E-state index contributed by atoms with van der Waals surface area (Å²) in [6.45, 7) is 0.804. The van der Waals surface area contributed by atoms with Crippen molar-refractivity contribution in [3.63, 3.8) is 0 Å². The van der Waals surface area contributed by atoms with E-state index in [-0.39, 0.29) is 19.2 Å². The maximum atomic E-state index is 5.70. The summed E-state index contributed by atoms with van der Waals surface area (Å²) in [6.07, 6.45) is -0.379. The van der Waals surface area contributed by atoms with Crippen molar-refractivity contribution in [1.29, 1.82) is 0 Å². The third-order valence-corrected chi connectivity index (χ3v) is 2.93. The fraction of sp³-hybridized carbons (Fsp3) is 0.455. The Morgan fingerprint density at radius 3 is 2.94 bits per heavy atom. The number of hydrogen-bond acceptors (Lipinski definition) is 4. The molecule has 3 rings (SSSR count). The molecule has 0 radical (unpaired) electrons. The topological polar surface area (TPSA) is 36.9 Å². The summed E-state index contributed by atoms with van der Waals surface area (Å²) in [6, 6.07) is 5.65. The molecule has 2 aliphatic rings. The third kappa shape index (κ3) is 1.73. The molecule has 4 nitrogen and oxygen atoms in total. The molecule has 1 fully saturated rings. The molecule has 1 saturated heterocycles. The quantitative estimate of drug-likeness (QED) is 0.744. The van der Waals surface area contributed by atoms with Gasteiger partial charge in [-0.25, -0.2) is 0 Å². The summed E-state index contributed by atoms with van der Waals surface area (Å²) in [5.41, 5.74) is 0.928. The van der Waals surface area contributed by atoms with Gasteiger partial charge in [0.05, 0.1) is 18.6 Å². The standard InChI is InChI=1S/C11H11ClO4/c12-4-8-5-13-11(16-8)7-1-2-9-10(3-7)15-6-14-9/h1-3,8,11H,4-6H2. The zero-order chi connectivity index (χ0) is 11.0. The highest BCUT2D eigenvalue weighted by atomic mass is 35.5. The van der Waals surface area contributed by atoms with Crippen LogP contribution in [0.3, 0.4) is 0 Å². The molecule has 1 aromatic carbocycles. The predicted molar refractivity (Wildman–Crippen MR) is 56.9 cm³/mol. The second-order valence-electron chi connectivity index (χ2n) is 3.69. The molecule has 0 bridgehead atoms. The Morgan fingerprint density at radius 1 is 1.25 bits per heavy atom. The van der Waals surface area contributed by atoms with E-state index < -0.39 is 0 Å². The van der Waals surface area contributed by atoms with E-state index in [9.17, 15) is 0 Å². The fourth-order valence-corrected chi connectivity index (χ4v) is 1.93. The van der Waals surface area contributed by atoms with Crippen molar-refractivity contribution in [2.45, 2.75) is 12.4 Å². The molecule has 0 spiro atoms. The number of fused-ring (bicyclic) bond motifs is 1. The van der Waals surface area contributed by atoms with Gasteiger partial charge in [0.25, 0.3) is 0 Å². The molecule has 0 saturated carbocycles. The highest BCUT2D eigenvalue weighted by molar-refractivity contribution is 6.18. The number of hydrogen-bond donors (Lipinski definition) is 0. The minimum absolute atomic E-state index is 0.0305. The largest absolute Gasteiger partial charge is 0.454 e. The van der Waals surface area contributed by atoms with Gasteiger partial charge in [-0.3, -0.25) is 0 Å². The molecule has 2 aliphatic heterocycles. The van der Waals surface area contributed by atoms with E-state index >= 15 is 0 Å². The first-order chi connectivity index (χ1) is 7.86. The normalized spacial score (nSPS) is 27.3. The van der Waals surface area contributed by atoms with Crippen LogP contribution in [0.4, 0.5) is 0 Å². The Hall–Kier alpha value is -0.970. The van der Waals surface area contributed by atoms with Gasteiger partial charge in [0.2, 0.25) is 6.79 Å². The van der Waals surface area contributed by atoms with E-state index in [1.807, 2.05) is 18.2 Å². The van der Waals surface area contributed by atoms with E-state index in [4.69, 9.17) is 30.5 Å². The van der Waals surface area contributed by atoms with Gasteiger partial charge < -0.3 is 18.9 Å². The lowest BCUT2D eigenvalue weighted by Gasteiger charge is -2.10. The van der Waals surface area contributed by atoms with Crippen LogP contribution in [-0.4, -0.2) is 25.4 Å². The Balaban J connectivity index is 1.80. The van der Waals surface area contributed by atoms with Crippen LogP contribution in [0.25, 0.3) is 0 Å². The van der Waals surface area contributed by atoms with Crippen molar-refractivity contribution in [3.05, 3.63) is 23.8 Å². The van der Waals surface area contributed by atoms with E-state index in [0.717, 1.165) is 17.1 Å². The molecule has 2 atom stereocenters. The monoisotopic (exact) mass is 242 g/mol. The van der Waals surface area contributed by atoms with Crippen molar-refractivity contribution in [3.8, 4) is 11.5 Å². The van der Waals surface area contributed by atoms with Gasteiger partial charge >= 0.3 is 0 Å². The number of halogens is 1. The predicted octanol–water partition coefficient (Wildman–Crippen LogP) is 2.07. The maximum absolute atomic E-state index is 5.70. The van der Waals surface area contributed by atoms with Crippen LogP contribution in [0.15, 0.2) is 18.2 Å². The molecule has 86 valence electrons. The lowest BCUT2D eigenvalue weighted by Crippen LogP contribution is -2.10. The van der Waals surface area contributed by atoms with Gasteiger partial charge in [-0.1, -0.05) is 0 Å².